The highest BCUT2D eigenvalue weighted by molar-refractivity contribution is 5.69. The fourth-order valence-electron chi connectivity index (χ4n) is 5.95. The Bertz CT molecular complexity index is 503. The van der Waals surface area contributed by atoms with Crippen LogP contribution < -0.4 is 10.6 Å². The maximum Gasteiger partial charge on any atom is 0.317 e. The third-order valence-corrected chi connectivity index (χ3v) is 7.65. The minimum Gasteiger partial charge on any atom is -0.480 e. The predicted molar refractivity (Wildman–Crippen MR) is 109 cm³/mol. The summed E-state index contributed by atoms with van der Waals surface area (Å²) in [5.74, 6) is 1.33. The number of nitrogens with zero attached hydrogens (tertiary/aromatic N) is 1. The van der Waals surface area contributed by atoms with Gasteiger partial charge < -0.3 is 15.2 Å². The zero-order chi connectivity index (χ0) is 19.3. The number of aliphatic carboxylic acids is 1. The minimum atomic E-state index is -0.712. The van der Waals surface area contributed by atoms with Crippen LogP contribution in [0.2, 0.25) is 0 Å². The number of rotatable bonds is 6. The van der Waals surface area contributed by atoms with Crippen molar-refractivity contribution in [1.82, 2.24) is 15.5 Å². The van der Waals surface area contributed by atoms with Crippen LogP contribution in [0.4, 0.5) is 0 Å². The molecule has 0 aromatic heterocycles. The smallest absolute Gasteiger partial charge is 0.317 e. The highest BCUT2D eigenvalue weighted by Gasteiger charge is 2.38. The van der Waals surface area contributed by atoms with E-state index in [1.165, 1.54) is 57.8 Å². The molecule has 2 saturated carbocycles. The van der Waals surface area contributed by atoms with Crippen LogP contribution in [-0.2, 0) is 9.53 Å². The Labute approximate surface area is 169 Å². The molecule has 4 rings (SSSR count). The summed E-state index contributed by atoms with van der Waals surface area (Å²) in [6.45, 7) is 3.97. The number of carbonyl (C=O) groups is 1. The maximum atomic E-state index is 11.0. The summed E-state index contributed by atoms with van der Waals surface area (Å²) >= 11 is 0. The molecule has 0 bridgehead atoms. The average Bonchev–Trinajstić information content (AvgIpc) is 2.72. The first kappa shape index (κ1) is 20.6. The van der Waals surface area contributed by atoms with Gasteiger partial charge >= 0.3 is 5.97 Å². The van der Waals surface area contributed by atoms with Gasteiger partial charge in [-0.1, -0.05) is 19.3 Å². The van der Waals surface area contributed by atoms with Crippen molar-refractivity contribution < 1.29 is 14.6 Å². The van der Waals surface area contributed by atoms with E-state index in [1.54, 1.807) is 0 Å². The third-order valence-electron chi connectivity index (χ3n) is 7.65. The lowest BCUT2D eigenvalue weighted by Crippen LogP contribution is -2.65. The lowest BCUT2D eigenvalue weighted by Gasteiger charge is -2.47. The van der Waals surface area contributed by atoms with Gasteiger partial charge in [-0.15, -0.1) is 0 Å². The normalized spacial score (nSPS) is 38.1. The minimum absolute atomic E-state index is 0.178. The molecule has 2 aliphatic carbocycles. The van der Waals surface area contributed by atoms with Crippen molar-refractivity contribution in [3.63, 3.8) is 0 Å². The van der Waals surface area contributed by atoms with E-state index in [0.29, 0.717) is 30.1 Å². The Morgan fingerprint density at radius 2 is 1.79 bits per heavy atom. The molecule has 0 radical (unpaired) electrons. The van der Waals surface area contributed by atoms with Crippen LogP contribution in [-0.4, -0.2) is 67.1 Å². The topological polar surface area (TPSA) is 73.8 Å². The molecule has 4 aliphatic rings. The number of piperidine rings is 1. The van der Waals surface area contributed by atoms with Gasteiger partial charge in [0.15, 0.2) is 0 Å². The van der Waals surface area contributed by atoms with Crippen LogP contribution >= 0.6 is 0 Å². The van der Waals surface area contributed by atoms with Gasteiger partial charge in [0, 0.05) is 32.3 Å². The van der Waals surface area contributed by atoms with Crippen molar-refractivity contribution >= 4 is 5.97 Å². The van der Waals surface area contributed by atoms with E-state index in [0.717, 1.165) is 38.6 Å². The average molecular weight is 394 g/mol. The van der Waals surface area contributed by atoms with Crippen LogP contribution in [0.5, 0.6) is 0 Å². The molecule has 2 aliphatic heterocycles. The Morgan fingerprint density at radius 3 is 2.54 bits per heavy atom. The van der Waals surface area contributed by atoms with Gasteiger partial charge in [0.25, 0.3) is 0 Å². The molecule has 3 unspecified atom stereocenters. The van der Waals surface area contributed by atoms with Crippen molar-refractivity contribution in [2.75, 3.05) is 32.8 Å². The largest absolute Gasteiger partial charge is 0.480 e. The van der Waals surface area contributed by atoms with E-state index in [-0.39, 0.29) is 6.54 Å². The molecule has 28 heavy (non-hydrogen) atoms. The predicted octanol–water partition coefficient (Wildman–Crippen LogP) is 2.44. The van der Waals surface area contributed by atoms with E-state index in [9.17, 15) is 4.79 Å². The van der Waals surface area contributed by atoms with E-state index in [1.807, 2.05) is 0 Å². The number of fused-ring (bicyclic) bond motifs is 1. The Balaban J connectivity index is 1.16. The summed E-state index contributed by atoms with van der Waals surface area (Å²) in [6, 6.07) is 0.538. The van der Waals surface area contributed by atoms with E-state index < -0.39 is 5.97 Å². The van der Waals surface area contributed by atoms with Crippen molar-refractivity contribution in [1.29, 1.82) is 0 Å². The van der Waals surface area contributed by atoms with Crippen LogP contribution in [0.1, 0.15) is 64.2 Å². The Kier molecular flexibility index (Phi) is 7.26. The Hall–Kier alpha value is -0.690. The number of hydrogen-bond donors (Lipinski definition) is 3. The molecular weight excluding hydrogens is 354 g/mol. The van der Waals surface area contributed by atoms with Gasteiger partial charge in [-0.2, -0.15) is 0 Å². The van der Waals surface area contributed by atoms with E-state index in [4.69, 9.17) is 9.84 Å². The van der Waals surface area contributed by atoms with Crippen LogP contribution in [0.3, 0.4) is 0 Å². The number of ether oxygens (including phenoxy) is 1. The van der Waals surface area contributed by atoms with Crippen molar-refractivity contribution in [3.8, 4) is 0 Å². The van der Waals surface area contributed by atoms with Crippen LogP contribution in [0.25, 0.3) is 0 Å². The summed E-state index contributed by atoms with van der Waals surface area (Å²) in [4.78, 5) is 13.1. The first-order chi connectivity index (χ1) is 13.7. The molecule has 6 heteroatoms. The second-order valence-corrected chi connectivity index (χ2v) is 9.71. The molecule has 2 saturated heterocycles. The molecule has 0 spiro atoms. The lowest BCUT2D eigenvalue weighted by molar-refractivity contribution is -0.139. The fourth-order valence-corrected chi connectivity index (χ4v) is 5.95. The zero-order valence-corrected chi connectivity index (χ0v) is 17.3. The van der Waals surface area contributed by atoms with Crippen molar-refractivity contribution in [3.05, 3.63) is 0 Å². The quantitative estimate of drug-likeness (QED) is 0.644. The van der Waals surface area contributed by atoms with Crippen LogP contribution in [0.15, 0.2) is 0 Å². The van der Waals surface area contributed by atoms with Gasteiger partial charge in [0.2, 0.25) is 0 Å². The molecule has 2 heterocycles. The SMILES string of the molecule is O=C(O)CN1CCC2NC(C3CCC(OCC4CCCCC4)CC3)NCC2C1. The van der Waals surface area contributed by atoms with Crippen LogP contribution in [0, 0.1) is 17.8 Å². The standard InChI is InChI=1S/C22H39N3O3/c26-21(27)14-25-11-10-20-18(13-25)12-23-22(24-20)17-6-8-19(9-7-17)28-15-16-4-2-1-3-5-16/h16-20,22-24H,1-15H2,(H,26,27). The number of nitrogens with one attached hydrogen (secondary N) is 2. The first-order valence-corrected chi connectivity index (χ1v) is 11.7. The van der Waals surface area contributed by atoms with Gasteiger partial charge in [0.1, 0.15) is 0 Å². The molecule has 3 N–H and O–H groups in total. The van der Waals surface area contributed by atoms with E-state index in [2.05, 4.69) is 15.5 Å². The monoisotopic (exact) mass is 393 g/mol. The van der Waals surface area contributed by atoms with Crippen molar-refractivity contribution in [2.24, 2.45) is 17.8 Å². The molecule has 3 atom stereocenters. The fraction of sp³-hybridized carbons (Fsp3) is 0.955. The molecule has 6 nitrogen and oxygen atoms in total. The zero-order valence-electron chi connectivity index (χ0n) is 17.3. The van der Waals surface area contributed by atoms with Crippen molar-refractivity contribution in [2.45, 2.75) is 82.5 Å². The first-order valence-electron chi connectivity index (χ1n) is 11.7. The lowest BCUT2D eigenvalue weighted by atomic mass is 9.82. The molecular formula is C22H39N3O3. The molecule has 0 aromatic carbocycles. The number of carboxylic acid groups (broad SMARTS) is 1. The number of likely N-dealkylation sites (tertiary alicyclic amines) is 1. The summed E-state index contributed by atoms with van der Waals surface area (Å²) < 4.78 is 6.29. The summed E-state index contributed by atoms with van der Waals surface area (Å²) in [5, 5.41) is 16.6. The van der Waals surface area contributed by atoms with Gasteiger partial charge in [-0.3, -0.25) is 15.0 Å². The third kappa shape index (κ3) is 5.47. The summed E-state index contributed by atoms with van der Waals surface area (Å²) in [7, 11) is 0. The molecule has 0 aromatic rings. The second kappa shape index (κ2) is 9.88. The summed E-state index contributed by atoms with van der Waals surface area (Å²) in [6.07, 6.45) is 13.8. The van der Waals surface area contributed by atoms with Gasteiger partial charge in [-0.05, 0) is 62.7 Å². The molecule has 160 valence electrons. The maximum absolute atomic E-state index is 11.0. The highest BCUT2D eigenvalue weighted by Crippen LogP contribution is 2.32. The van der Waals surface area contributed by atoms with Gasteiger partial charge in [-0.25, -0.2) is 0 Å². The molecule has 0 amide bonds. The Morgan fingerprint density at radius 1 is 1.00 bits per heavy atom. The summed E-state index contributed by atoms with van der Waals surface area (Å²) in [5.41, 5.74) is 0. The second-order valence-electron chi connectivity index (χ2n) is 9.71. The highest BCUT2D eigenvalue weighted by atomic mass is 16.5. The van der Waals surface area contributed by atoms with E-state index >= 15 is 0 Å². The van der Waals surface area contributed by atoms with Gasteiger partial charge in [0.05, 0.1) is 18.8 Å². The molecule has 4 fully saturated rings. The number of carboxylic acids is 1. The number of hydrogen-bond acceptors (Lipinski definition) is 5.